The minimum absolute atomic E-state index is 0.321. The molecule has 0 spiro atoms. The number of aromatic nitrogens is 2. The average Bonchev–Trinajstić information content (AvgIpc) is 2.84. The number of nitrogens with one attached hydrogen (secondary N) is 2. The number of hydrogen-bond donors (Lipinski definition) is 3. The van der Waals surface area contributed by atoms with Crippen LogP contribution in [0.5, 0.6) is 0 Å². The monoisotopic (exact) mass is 284 g/mol. The summed E-state index contributed by atoms with van der Waals surface area (Å²) in [6.45, 7) is 2.97. The lowest BCUT2D eigenvalue weighted by atomic mass is 10.2. The van der Waals surface area contributed by atoms with E-state index in [4.69, 9.17) is 0 Å². The second-order valence-electron chi connectivity index (χ2n) is 4.54. The van der Waals surface area contributed by atoms with E-state index in [2.05, 4.69) is 15.7 Å². The largest absolute Gasteiger partial charge is 0.383 e. The van der Waals surface area contributed by atoms with Crippen LogP contribution in [0.2, 0.25) is 0 Å². The van der Waals surface area contributed by atoms with Gasteiger partial charge in [0.1, 0.15) is 6.10 Å². The molecule has 0 bridgehead atoms. The van der Waals surface area contributed by atoms with Gasteiger partial charge in [-0.25, -0.2) is 0 Å². The van der Waals surface area contributed by atoms with Crippen molar-refractivity contribution in [2.75, 3.05) is 18.6 Å². The summed E-state index contributed by atoms with van der Waals surface area (Å²) in [7, 11) is 0. The van der Waals surface area contributed by atoms with Crippen LogP contribution in [-0.2, 0) is 24.4 Å². The quantitative estimate of drug-likeness (QED) is 0.669. The summed E-state index contributed by atoms with van der Waals surface area (Å²) in [6, 6.07) is 1.99. The summed E-state index contributed by atoms with van der Waals surface area (Å²) >= 11 is 1.62. The van der Waals surface area contributed by atoms with Gasteiger partial charge in [-0.1, -0.05) is 0 Å². The Morgan fingerprint density at radius 1 is 1.74 bits per heavy atom. The summed E-state index contributed by atoms with van der Waals surface area (Å²) in [6.07, 6.45) is 1.51. The van der Waals surface area contributed by atoms with Gasteiger partial charge in [-0.2, -0.15) is 16.9 Å². The topological polar surface area (TPSA) is 79.2 Å². The normalized spacial score (nSPS) is 15.9. The zero-order chi connectivity index (χ0) is 13.7. The van der Waals surface area contributed by atoms with Crippen molar-refractivity contribution in [3.63, 3.8) is 0 Å². The van der Waals surface area contributed by atoms with Gasteiger partial charge in [0.25, 0.3) is 0 Å². The Labute approximate surface area is 116 Å². The standard InChI is InChI=1S/C12H20N4O2S/c1-19-5-2-11(17)12(18)14-7-9-6-10-8-13-3-4-16(10)15-9/h6,11,13,17H,2-5,7-8H2,1H3,(H,14,18)/t11-/m1/s1. The minimum Gasteiger partial charge on any atom is -0.383 e. The maximum Gasteiger partial charge on any atom is 0.249 e. The third kappa shape index (κ3) is 3.95. The van der Waals surface area contributed by atoms with E-state index in [1.165, 1.54) is 0 Å². The predicted octanol–water partition coefficient (Wildman–Crippen LogP) is -0.283. The molecule has 0 aliphatic carbocycles. The molecule has 0 saturated heterocycles. The third-order valence-corrected chi connectivity index (χ3v) is 3.71. The maximum atomic E-state index is 11.6. The number of amides is 1. The lowest BCUT2D eigenvalue weighted by Gasteiger charge is -2.13. The van der Waals surface area contributed by atoms with Crippen LogP contribution < -0.4 is 10.6 Å². The van der Waals surface area contributed by atoms with Crippen LogP contribution in [0.25, 0.3) is 0 Å². The molecule has 0 aromatic carbocycles. The van der Waals surface area contributed by atoms with Gasteiger partial charge < -0.3 is 15.7 Å². The highest BCUT2D eigenvalue weighted by Crippen LogP contribution is 2.07. The molecule has 106 valence electrons. The molecule has 0 radical (unpaired) electrons. The Kier molecular flexibility index (Phi) is 5.24. The molecular weight excluding hydrogens is 264 g/mol. The van der Waals surface area contributed by atoms with Crippen molar-refractivity contribution in [3.05, 3.63) is 17.5 Å². The number of nitrogens with zero attached hydrogens (tertiary/aromatic N) is 2. The van der Waals surface area contributed by atoms with Crippen LogP contribution in [-0.4, -0.2) is 45.5 Å². The van der Waals surface area contributed by atoms with Gasteiger partial charge in [0.05, 0.1) is 24.5 Å². The molecule has 1 aliphatic rings. The van der Waals surface area contributed by atoms with E-state index < -0.39 is 6.10 Å². The molecule has 1 atom stereocenters. The fourth-order valence-corrected chi connectivity index (χ4v) is 2.45. The van der Waals surface area contributed by atoms with Gasteiger partial charge >= 0.3 is 0 Å². The van der Waals surface area contributed by atoms with Crippen molar-refractivity contribution in [2.24, 2.45) is 0 Å². The van der Waals surface area contributed by atoms with Gasteiger partial charge in [0, 0.05) is 13.1 Å². The lowest BCUT2D eigenvalue weighted by Crippen LogP contribution is -2.34. The summed E-state index contributed by atoms with van der Waals surface area (Å²) in [5, 5.41) is 20.0. The zero-order valence-electron chi connectivity index (χ0n) is 11.1. The highest BCUT2D eigenvalue weighted by atomic mass is 32.2. The Morgan fingerprint density at radius 3 is 3.32 bits per heavy atom. The van der Waals surface area contributed by atoms with Crippen LogP contribution in [0.1, 0.15) is 17.8 Å². The van der Waals surface area contributed by atoms with Gasteiger partial charge in [0.15, 0.2) is 0 Å². The number of aliphatic hydroxyl groups is 1. The van der Waals surface area contributed by atoms with Gasteiger partial charge in [-0.3, -0.25) is 9.48 Å². The summed E-state index contributed by atoms with van der Waals surface area (Å²) in [5.41, 5.74) is 1.97. The summed E-state index contributed by atoms with van der Waals surface area (Å²) in [4.78, 5) is 11.6. The second-order valence-corrected chi connectivity index (χ2v) is 5.53. The number of fused-ring (bicyclic) bond motifs is 1. The van der Waals surface area contributed by atoms with E-state index >= 15 is 0 Å². The average molecular weight is 284 g/mol. The van der Waals surface area contributed by atoms with Crippen molar-refractivity contribution in [2.45, 2.75) is 32.2 Å². The third-order valence-electron chi connectivity index (χ3n) is 3.06. The summed E-state index contributed by atoms with van der Waals surface area (Å²) < 4.78 is 1.96. The van der Waals surface area contributed by atoms with Crippen molar-refractivity contribution < 1.29 is 9.90 Å². The molecule has 2 heterocycles. The van der Waals surface area contributed by atoms with Crippen LogP contribution in [0.15, 0.2) is 6.07 Å². The molecule has 0 fully saturated rings. The molecule has 1 aromatic heterocycles. The first-order chi connectivity index (χ1) is 9.20. The van der Waals surface area contributed by atoms with Crippen molar-refractivity contribution in [3.8, 4) is 0 Å². The molecule has 0 unspecified atom stereocenters. The molecule has 1 aliphatic heterocycles. The zero-order valence-corrected chi connectivity index (χ0v) is 11.9. The number of thioether (sulfide) groups is 1. The molecule has 19 heavy (non-hydrogen) atoms. The Balaban J connectivity index is 1.81. The van der Waals surface area contributed by atoms with E-state index in [1.807, 2.05) is 17.0 Å². The molecule has 3 N–H and O–H groups in total. The first-order valence-electron chi connectivity index (χ1n) is 6.41. The highest BCUT2D eigenvalue weighted by Gasteiger charge is 2.16. The first kappa shape index (κ1) is 14.4. The maximum absolute atomic E-state index is 11.6. The smallest absolute Gasteiger partial charge is 0.249 e. The van der Waals surface area contributed by atoms with Crippen LogP contribution in [0.4, 0.5) is 0 Å². The van der Waals surface area contributed by atoms with E-state index in [0.717, 1.165) is 36.8 Å². The van der Waals surface area contributed by atoms with Crippen molar-refractivity contribution >= 4 is 17.7 Å². The van der Waals surface area contributed by atoms with Crippen LogP contribution >= 0.6 is 11.8 Å². The Bertz CT molecular complexity index is 412. The van der Waals surface area contributed by atoms with Crippen molar-refractivity contribution in [1.29, 1.82) is 0 Å². The second kappa shape index (κ2) is 6.93. The first-order valence-corrected chi connectivity index (χ1v) is 7.81. The highest BCUT2D eigenvalue weighted by molar-refractivity contribution is 7.98. The number of rotatable bonds is 6. The fourth-order valence-electron chi connectivity index (χ4n) is 1.99. The SMILES string of the molecule is CSCC[C@@H](O)C(=O)NCc1cc2n(n1)CCNC2. The lowest BCUT2D eigenvalue weighted by molar-refractivity contribution is -0.129. The predicted molar refractivity (Wildman–Crippen MR) is 74.8 cm³/mol. The summed E-state index contributed by atoms with van der Waals surface area (Å²) in [5.74, 6) is 0.456. The number of carbonyl (C=O) groups is 1. The van der Waals surface area contributed by atoms with Gasteiger partial charge in [-0.05, 0) is 24.5 Å². The van der Waals surface area contributed by atoms with Gasteiger partial charge in [-0.15, -0.1) is 0 Å². The van der Waals surface area contributed by atoms with Gasteiger partial charge in [0.2, 0.25) is 5.91 Å². The Hall–Kier alpha value is -1.05. The van der Waals surface area contributed by atoms with E-state index in [-0.39, 0.29) is 5.91 Å². The van der Waals surface area contributed by atoms with Crippen LogP contribution in [0, 0.1) is 0 Å². The fraction of sp³-hybridized carbons (Fsp3) is 0.667. The molecule has 6 nitrogen and oxygen atoms in total. The Morgan fingerprint density at radius 2 is 2.58 bits per heavy atom. The van der Waals surface area contributed by atoms with Crippen LogP contribution in [0.3, 0.4) is 0 Å². The number of aliphatic hydroxyl groups excluding tert-OH is 1. The number of carbonyl (C=O) groups excluding carboxylic acids is 1. The number of hydrogen-bond acceptors (Lipinski definition) is 5. The van der Waals surface area contributed by atoms with E-state index in [9.17, 15) is 9.90 Å². The molecule has 1 amide bonds. The molecule has 0 saturated carbocycles. The molecular formula is C12H20N4O2S. The molecule has 7 heteroatoms. The molecule has 1 aromatic rings. The molecule has 2 rings (SSSR count). The minimum atomic E-state index is -0.925. The van der Waals surface area contributed by atoms with Crippen molar-refractivity contribution in [1.82, 2.24) is 20.4 Å². The van der Waals surface area contributed by atoms with E-state index in [1.54, 1.807) is 11.8 Å². The van der Waals surface area contributed by atoms with E-state index in [0.29, 0.717) is 13.0 Å².